The van der Waals surface area contributed by atoms with Gasteiger partial charge in [-0.2, -0.15) is 0 Å². The molecule has 0 bridgehead atoms. The summed E-state index contributed by atoms with van der Waals surface area (Å²) in [4.78, 5) is 10.8. The van der Waals surface area contributed by atoms with Gasteiger partial charge >= 0.3 is 5.97 Å². The molecule has 0 unspecified atom stereocenters. The maximum Gasteiger partial charge on any atom is 0.343 e. The molecule has 5 heteroatoms. The third-order valence-corrected chi connectivity index (χ3v) is 2.09. The number of benzene rings is 1. The Labute approximate surface area is 108 Å². The van der Waals surface area contributed by atoms with Crippen LogP contribution in [0.25, 0.3) is 0 Å². The summed E-state index contributed by atoms with van der Waals surface area (Å²) < 4.78 is 9.70. The van der Waals surface area contributed by atoms with Gasteiger partial charge in [0.05, 0.1) is 7.11 Å². The van der Waals surface area contributed by atoms with Crippen molar-refractivity contribution >= 4 is 18.4 Å². The SMILES string of the molecule is CCNCc1ccc(OCC(=O)OC)cc1.Cl. The van der Waals surface area contributed by atoms with E-state index in [9.17, 15) is 4.79 Å². The molecule has 1 aromatic carbocycles. The number of carbonyl (C=O) groups excluding carboxylic acids is 1. The number of hydrogen-bond acceptors (Lipinski definition) is 4. The van der Waals surface area contributed by atoms with Crippen LogP contribution in [0, 0.1) is 0 Å². The zero-order valence-corrected chi connectivity index (χ0v) is 10.9. The molecule has 96 valence electrons. The molecule has 0 radical (unpaired) electrons. The Kier molecular flexibility index (Phi) is 8.19. The lowest BCUT2D eigenvalue weighted by Gasteiger charge is -2.06. The van der Waals surface area contributed by atoms with E-state index < -0.39 is 0 Å². The Morgan fingerprint density at radius 3 is 2.47 bits per heavy atom. The molecule has 0 saturated heterocycles. The molecule has 0 aliphatic heterocycles. The third-order valence-electron chi connectivity index (χ3n) is 2.09. The van der Waals surface area contributed by atoms with Gasteiger partial charge in [0.2, 0.25) is 0 Å². The number of rotatable bonds is 6. The second kappa shape index (κ2) is 8.84. The number of halogens is 1. The highest BCUT2D eigenvalue weighted by molar-refractivity contribution is 5.85. The van der Waals surface area contributed by atoms with Gasteiger partial charge in [-0.25, -0.2) is 4.79 Å². The Bertz CT molecular complexity index is 327. The Hall–Kier alpha value is -1.26. The van der Waals surface area contributed by atoms with E-state index >= 15 is 0 Å². The van der Waals surface area contributed by atoms with Crippen molar-refractivity contribution in [2.75, 3.05) is 20.3 Å². The number of ether oxygens (including phenoxy) is 2. The summed E-state index contributed by atoms with van der Waals surface area (Å²) in [6.45, 7) is 3.80. The molecule has 0 aliphatic rings. The van der Waals surface area contributed by atoms with Crippen LogP contribution >= 0.6 is 12.4 Å². The van der Waals surface area contributed by atoms with Gasteiger partial charge in [0, 0.05) is 6.54 Å². The lowest BCUT2D eigenvalue weighted by atomic mass is 10.2. The normalized spacial score (nSPS) is 9.29. The van der Waals surface area contributed by atoms with Crippen LogP contribution in [-0.4, -0.2) is 26.2 Å². The molecule has 17 heavy (non-hydrogen) atoms. The monoisotopic (exact) mass is 259 g/mol. The average molecular weight is 260 g/mol. The van der Waals surface area contributed by atoms with E-state index in [1.165, 1.54) is 12.7 Å². The highest BCUT2D eigenvalue weighted by Gasteiger charge is 2.01. The van der Waals surface area contributed by atoms with Crippen LogP contribution in [0.3, 0.4) is 0 Å². The van der Waals surface area contributed by atoms with Crippen molar-refractivity contribution in [1.82, 2.24) is 5.32 Å². The fourth-order valence-corrected chi connectivity index (χ4v) is 1.17. The van der Waals surface area contributed by atoms with Crippen molar-refractivity contribution in [1.29, 1.82) is 0 Å². The van der Waals surface area contributed by atoms with Crippen molar-refractivity contribution < 1.29 is 14.3 Å². The largest absolute Gasteiger partial charge is 0.482 e. The second-order valence-corrected chi connectivity index (χ2v) is 3.29. The zero-order chi connectivity index (χ0) is 11.8. The van der Waals surface area contributed by atoms with Gasteiger partial charge in [-0.3, -0.25) is 0 Å². The molecule has 1 N–H and O–H groups in total. The molecule has 0 aliphatic carbocycles. The van der Waals surface area contributed by atoms with Crippen LogP contribution < -0.4 is 10.1 Å². The quantitative estimate of drug-likeness (QED) is 0.791. The molecule has 0 saturated carbocycles. The summed E-state index contributed by atoms with van der Waals surface area (Å²) >= 11 is 0. The minimum absolute atomic E-state index is 0. The standard InChI is InChI=1S/C12H17NO3.ClH/c1-3-13-8-10-4-6-11(7-5-10)16-9-12(14)15-2;/h4-7,13H,3,8-9H2,1-2H3;1H. The molecule has 0 atom stereocenters. The Balaban J connectivity index is 0.00000256. The summed E-state index contributed by atoms with van der Waals surface area (Å²) in [5.41, 5.74) is 1.19. The Morgan fingerprint density at radius 1 is 1.29 bits per heavy atom. The minimum Gasteiger partial charge on any atom is -0.482 e. The van der Waals surface area contributed by atoms with Crippen molar-refractivity contribution in [2.45, 2.75) is 13.5 Å². The minimum atomic E-state index is -0.378. The number of carbonyl (C=O) groups is 1. The third kappa shape index (κ3) is 6.14. The zero-order valence-electron chi connectivity index (χ0n) is 10.1. The molecule has 0 amide bonds. The van der Waals surface area contributed by atoms with Crippen molar-refractivity contribution in [3.05, 3.63) is 29.8 Å². The van der Waals surface area contributed by atoms with E-state index in [0.29, 0.717) is 5.75 Å². The van der Waals surface area contributed by atoms with Crippen molar-refractivity contribution in [3.63, 3.8) is 0 Å². The van der Waals surface area contributed by atoms with E-state index in [1.807, 2.05) is 24.3 Å². The second-order valence-electron chi connectivity index (χ2n) is 3.29. The van der Waals surface area contributed by atoms with Crippen molar-refractivity contribution in [2.24, 2.45) is 0 Å². The maximum atomic E-state index is 10.8. The summed E-state index contributed by atoms with van der Waals surface area (Å²) in [5.74, 6) is 0.294. The van der Waals surface area contributed by atoms with Crippen LogP contribution in [0.5, 0.6) is 5.75 Å². The van der Waals surface area contributed by atoms with Gasteiger partial charge in [0.25, 0.3) is 0 Å². The van der Waals surface area contributed by atoms with E-state index in [0.717, 1.165) is 13.1 Å². The molecule has 0 aromatic heterocycles. The first kappa shape index (κ1) is 15.7. The van der Waals surface area contributed by atoms with Gasteiger partial charge in [0.1, 0.15) is 5.75 Å². The number of nitrogens with one attached hydrogen (secondary N) is 1. The number of esters is 1. The molecule has 0 heterocycles. The Morgan fingerprint density at radius 2 is 1.94 bits per heavy atom. The first-order chi connectivity index (χ1) is 7.76. The van der Waals surface area contributed by atoms with E-state index in [1.54, 1.807) is 0 Å². The van der Waals surface area contributed by atoms with Crippen LogP contribution in [0.15, 0.2) is 24.3 Å². The molecular formula is C12H18ClNO3. The number of methoxy groups -OCH3 is 1. The van der Waals surface area contributed by atoms with Gasteiger partial charge in [-0.15, -0.1) is 12.4 Å². The van der Waals surface area contributed by atoms with E-state index in [4.69, 9.17) is 4.74 Å². The lowest BCUT2D eigenvalue weighted by Crippen LogP contribution is -2.13. The van der Waals surface area contributed by atoms with Crippen LogP contribution in [0.2, 0.25) is 0 Å². The summed E-state index contributed by atoms with van der Waals surface area (Å²) in [6.07, 6.45) is 0. The molecule has 1 aromatic rings. The van der Waals surface area contributed by atoms with E-state index in [-0.39, 0.29) is 25.0 Å². The highest BCUT2D eigenvalue weighted by Crippen LogP contribution is 2.11. The first-order valence-electron chi connectivity index (χ1n) is 5.25. The predicted octanol–water partition coefficient (Wildman–Crippen LogP) is 1.77. The van der Waals surface area contributed by atoms with Crippen LogP contribution in [0.4, 0.5) is 0 Å². The smallest absolute Gasteiger partial charge is 0.343 e. The van der Waals surface area contributed by atoms with E-state index in [2.05, 4.69) is 17.0 Å². The first-order valence-corrected chi connectivity index (χ1v) is 5.25. The fourth-order valence-electron chi connectivity index (χ4n) is 1.17. The summed E-state index contributed by atoms with van der Waals surface area (Å²) in [6, 6.07) is 7.62. The van der Waals surface area contributed by atoms with Gasteiger partial charge in [-0.1, -0.05) is 19.1 Å². The number of hydrogen-bond donors (Lipinski definition) is 1. The molecule has 1 rings (SSSR count). The maximum absolute atomic E-state index is 10.8. The summed E-state index contributed by atoms with van der Waals surface area (Å²) in [5, 5.41) is 3.23. The van der Waals surface area contributed by atoms with Crippen LogP contribution in [0.1, 0.15) is 12.5 Å². The molecule has 0 spiro atoms. The van der Waals surface area contributed by atoms with Crippen LogP contribution in [-0.2, 0) is 16.1 Å². The molecule has 4 nitrogen and oxygen atoms in total. The summed E-state index contributed by atoms with van der Waals surface area (Å²) in [7, 11) is 1.34. The lowest BCUT2D eigenvalue weighted by molar-refractivity contribution is -0.142. The topological polar surface area (TPSA) is 47.6 Å². The fraction of sp³-hybridized carbons (Fsp3) is 0.417. The molecule has 0 fully saturated rings. The van der Waals surface area contributed by atoms with Gasteiger partial charge in [0.15, 0.2) is 6.61 Å². The average Bonchev–Trinajstić information content (AvgIpc) is 2.34. The van der Waals surface area contributed by atoms with Gasteiger partial charge in [-0.05, 0) is 24.2 Å². The molecular weight excluding hydrogens is 242 g/mol. The predicted molar refractivity (Wildman–Crippen MR) is 68.6 cm³/mol. The van der Waals surface area contributed by atoms with Gasteiger partial charge < -0.3 is 14.8 Å². The highest BCUT2D eigenvalue weighted by atomic mass is 35.5. The van der Waals surface area contributed by atoms with Crippen molar-refractivity contribution in [3.8, 4) is 5.75 Å².